The van der Waals surface area contributed by atoms with Crippen LogP contribution in [0.15, 0.2) is 0 Å². The van der Waals surface area contributed by atoms with E-state index in [9.17, 15) is 112 Å². The normalized spacial score (nSPS) is 36.5. The van der Waals surface area contributed by atoms with Crippen LogP contribution in [-0.4, -0.2) is 375 Å². The van der Waals surface area contributed by atoms with Crippen molar-refractivity contribution >= 4 is 104 Å². The first kappa shape index (κ1) is 100. The summed E-state index contributed by atoms with van der Waals surface area (Å²) in [5.41, 5.74) is -6.25. The Morgan fingerprint density at radius 1 is 0.496 bits per heavy atom. The number of nitrogens with one attached hydrogen (secondary N) is 4. The number of unbranched alkanes of at least 4 members (excludes halogenated alkanes) is 3. The maximum absolute atomic E-state index is 14.4. The van der Waals surface area contributed by atoms with Crippen LogP contribution in [-0.2, 0) is 187 Å². The molecule has 9 aliphatic heterocycles. The molecule has 119 heavy (non-hydrogen) atoms. The van der Waals surface area contributed by atoms with Crippen LogP contribution >= 0.6 is 11.8 Å². The standard InChI is InChI=1S/C60H100N4O48S7/c1-9-21-95-37-29(23-98-114(72,73)74)101-51(36(40(37)96-22-10-2)63-34(66)19-13-12-16-20-61-33(65)18-15-14-17-32-35-28(26-113-32)62-58(71)64-35)106-49-43(91-5)45(93-7)54(108-59(49,11-3)56(67)68)105-39-31(25-100-116(78,79)80)103-53(48(112-119(87,88)89)42(39)110-117(81,82)83)107-50-44(92-6)46-55(109-60(50,27-97-46)57(69)70)104-38-30(24-99-115(75,76)77)102-52(94-8)47(41(38)90-4)111-118(84,85)86/h28-32,35-55H,9-27H2,1-8H3,(H,61,65)(H,63,66)(H,67,68)(H,69,70)(H2,62,64,71)(H,72,73,74)(H,75,76,77)(H,78,79,80)(H,81,82,83)(H,84,85,86)(H,87,88,89)/t28?,29-,30-,31-,32?,35?,36-,37-,38-,39-,40-,41+,42+,43-,44-,45-,46-,47-,48-,49+,50+,51+,52+,53-,54-,55?,59+,60+/m1/s1. The molecular weight excluding hydrogens is 1770 g/mol. The van der Waals surface area contributed by atoms with E-state index in [0.29, 0.717) is 25.7 Å². The summed E-state index contributed by atoms with van der Waals surface area (Å²) in [5, 5.41) is 34.5. The van der Waals surface area contributed by atoms with Crippen LogP contribution in [0.1, 0.15) is 91.4 Å². The number of thioether (sulfide) groups is 1. The van der Waals surface area contributed by atoms with Crippen molar-refractivity contribution < 1.29 is 218 Å². The third kappa shape index (κ3) is 26.8. The molecule has 12 N–H and O–H groups in total. The summed E-state index contributed by atoms with van der Waals surface area (Å²) in [6, 6.07) is -1.76. The number of aliphatic carboxylic acids is 2. The number of carboxylic acid groups (broad SMARTS) is 2. The Balaban J connectivity index is 1.11. The van der Waals surface area contributed by atoms with Gasteiger partial charge in [-0.2, -0.15) is 62.3 Å². The summed E-state index contributed by atoms with van der Waals surface area (Å²) in [6.45, 7) is -0.725. The molecule has 0 aromatic heterocycles. The number of carbonyl (C=O) groups excluding carboxylic acids is 3. The first-order valence-corrected chi connectivity index (χ1v) is 45.9. The Labute approximate surface area is 688 Å². The summed E-state index contributed by atoms with van der Waals surface area (Å²) in [5.74, 6) is -4.31. The first-order valence-electron chi connectivity index (χ1n) is 36.7. The number of hydrogen-bond acceptors (Lipinski definition) is 41. The summed E-state index contributed by atoms with van der Waals surface area (Å²) in [6.07, 6.45) is -46.3. The van der Waals surface area contributed by atoms with Crippen LogP contribution in [0.25, 0.3) is 0 Å². The molecule has 59 heteroatoms. The van der Waals surface area contributed by atoms with E-state index in [1.54, 1.807) is 25.6 Å². The van der Waals surface area contributed by atoms with Gasteiger partial charge in [0.1, 0.15) is 97.6 Å². The second-order valence-corrected chi connectivity index (χ2v) is 35.6. The summed E-state index contributed by atoms with van der Waals surface area (Å²) < 4.78 is 341. The lowest BCUT2D eigenvalue weighted by atomic mass is 9.83. The molecule has 2 bridgehead atoms. The van der Waals surface area contributed by atoms with Gasteiger partial charge < -0.3 is 112 Å². The molecule has 28 atom stereocenters. The van der Waals surface area contributed by atoms with Gasteiger partial charge in [-0.1, -0.05) is 33.6 Å². The fourth-order valence-corrected chi connectivity index (χ4v) is 18.9. The number of carbonyl (C=O) groups is 5. The molecule has 9 fully saturated rings. The molecule has 0 aromatic rings. The second-order valence-electron chi connectivity index (χ2n) is 27.9. The zero-order valence-electron chi connectivity index (χ0n) is 64.7. The minimum atomic E-state index is -6.22. The minimum absolute atomic E-state index is 0.0221. The van der Waals surface area contributed by atoms with Crippen LogP contribution in [0, 0.1) is 0 Å². The molecule has 0 radical (unpaired) electrons. The van der Waals surface area contributed by atoms with Crippen LogP contribution in [0.2, 0.25) is 0 Å². The van der Waals surface area contributed by atoms with Gasteiger partial charge >= 0.3 is 80.4 Å². The SMILES string of the molecule is CCCO[C@@H]1[C@@H](NC(=O)CCCCCNC(=O)CCCCC2SCC3NC(=O)NC32)[C@H](O[C@H]2[C@H](OC)[C@@H](OC)[C@H](O[C@H]3[C@H](OS(=O)(=O)O)[C@@H](OS(=O)(=O)O)[C@@H](O[C@H]4[C@H](OC)[C@H]5OC[C@]4(C(=O)O)OC5O[C@H]4[C@H](OC)[C@@H](OS(=O)(=O)O)[C@@H](OC)O[C@@H]4COS(=O)(=O)O)O[C@@H]3COS(=O)(=O)O)O[C@]2(CC)C(=O)O)O[C@H](COS(=O)(=O)O)[C@H]1OCCC. The lowest BCUT2D eigenvalue weighted by Crippen LogP contribution is -2.78. The van der Waals surface area contributed by atoms with Crippen molar-refractivity contribution in [1.29, 1.82) is 0 Å². The molecule has 9 rings (SSSR count). The number of ether oxygens (including phenoxy) is 17. The predicted molar refractivity (Wildman–Crippen MR) is 385 cm³/mol. The molecular formula is C60H100N4O48S7. The van der Waals surface area contributed by atoms with Crippen LogP contribution in [0.4, 0.5) is 4.79 Å². The predicted octanol–water partition coefficient (Wildman–Crippen LogP) is -3.92. The van der Waals surface area contributed by atoms with Crippen molar-refractivity contribution in [2.24, 2.45) is 0 Å². The van der Waals surface area contributed by atoms with Gasteiger partial charge in [-0.25, -0.2) is 39.5 Å². The fraction of sp³-hybridized carbons (Fsp3) is 0.917. The molecule has 4 unspecified atom stereocenters. The topological polar surface area (TPSA) is 712 Å². The van der Waals surface area contributed by atoms with Gasteiger partial charge in [0.25, 0.3) is 0 Å². The maximum atomic E-state index is 14.4. The number of carboxylic acids is 2. The molecule has 0 spiro atoms. The Morgan fingerprint density at radius 3 is 1.53 bits per heavy atom. The van der Waals surface area contributed by atoms with Crippen molar-refractivity contribution in [3.8, 4) is 0 Å². The van der Waals surface area contributed by atoms with Crippen molar-refractivity contribution in [3.05, 3.63) is 0 Å². The molecule has 9 aliphatic rings. The average molecular weight is 1870 g/mol. The fourth-order valence-electron chi connectivity index (χ4n) is 14.9. The van der Waals surface area contributed by atoms with Gasteiger partial charge in [0, 0.05) is 79.2 Å². The largest absolute Gasteiger partial charge is 0.479 e. The van der Waals surface area contributed by atoms with Gasteiger partial charge in [0.05, 0.1) is 38.5 Å². The smallest absolute Gasteiger partial charge is 0.397 e. The van der Waals surface area contributed by atoms with Crippen molar-refractivity contribution in [2.75, 3.05) is 87.5 Å². The molecule has 0 aliphatic carbocycles. The van der Waals surface area contributed by atoms with Crippen LogP contribution in [0.3, 0.4) is 0 Å². The molecule has 690 valence electrons. The Kier molecular flexibility index (Phi) is 36.3. The van der Waals surface area contributed by atoms with Gasteiger partial charge in [-0.3, -0.25) is 36.9 Å². The highest BCUT2D eigenvalue weighted by Gasteiger charge is 2.70. The zero-order chi connectivity index (χ0) is 88.1. The molecule has 4 amide bonds. The summed E-state index contributed by atoms with van der Waals surface area (Å²) >= 11 is 1.76. The minimum Gasteiger partial charge on any atom is -0.479 e. The number of hydrogen-bond donors (Lipinski definition) is 12. The molecule has 0 saturated carbocycles. The van der Waals surface area contributed by atoms with E-state index >= 15 is 0 Å². The number of rotatable bonds is 49. The van der Waals surface area contributed by atoms with Crippen molar-refractivity contribution in [1.82, 2.24) is 21.3 Å². The highest BCUT2D eigenvalue weighted by atomic mass is 32.3. The first-order chi connectivity index (χ1) is 55.7. The van der Waals surface area contributed by atoms with E-state index in [4.69, 9.17) is 97.3 Å². The van der Waals surface area contributed by atoms with Gasteiger partial charge in [-0.15, -0.1) is 0 Å². The van der Waals surface area contributed by atoms with Gasteiger partial charge in [0.2, 0.25) is 17.4 Å². The molecule has 9 heterocycles. The van der Waals surface area contributed by atoms with E-state index in [1.165, 1.54) is 6.92 Å². The lowest BCUT2D eigenvalue weighted by molar-refractivity contribution is -0.429. The molecule has 52 nitrogen and oxygen atoms in total. The third-order valence-corrected chi connectivity index (χ3v) is 24.3. The molecule has 0 aromatic carbocycles. The number of fused-ring (bicyclic) bond motifs is 4. The quantitative estimate of drug-likeness (QED) is 0.0157. The van der Waals surface area contributed by atoms with E-state index in [-0.39, 0.29) is 74.7 Å². The highest BCUT2D eigenvalue weighted by molar-refractivity contribution is 8.00. The lowest BCUT2D eigenvalue weighted by Gasteiger charge is -2.57. The van der Waals surface area contributed by atoms with Crippen LogP contribution in [0.5, 0.6) is 0 Å². The summed E-state index contributed by atoms with van der Waals surface area (Å²) in [7, 11) is -30.0. The Morgan fingerprint density at radius 2 is 1.00 bits per heavy atom. The van der Waals surface area contributed by atoms with Crippen molar-refractivity contribution in [3.63, 3.8) is 0 Å². The second kappa shape index (κ2) is 43.0. The highest BCUT2D eigenvalue weighted by Crippen LogP contribution is 2.47. The Bertz CT molecular complexity index is 4110. The third-order valence-electron chi connectivity index (χ3n) is 20.1. The Hall–Kier alpha value is -3.96. The molecule has 9 saturated heterocycles. The van der Waals surface area contributed by atoms with Gasteiger partial charge in [0.15, 0.2) is 49.3 Å². The van der Waals surface area contributed by atoms with E-state index in [2.05, 4.69) is 29.6 Å². The number of amides is 4. The number of urea groups is 1. The number of methoxy groups -OCH3 is 5. The average Bonchev–Trinajstić information content (AvgIpc) is 1.24. The van der Waals surface area contributed by atoms with E-state index in [1.807, 2.05) is 0 Å². The monoisotopic (exact) mass is 1870 g/mol. The van der Waals surface area contributed by atoms with E-state index < -0.39 is 266 Å². The van der Waals surface area contributed by atoms with Crippen molar-refractivity contribution in [2.45, 2.75) is 261 Å². The van der Waals surface area contributed by atoms with Gasteiger partial charge in [-0.05, 0) is 44.9 Å². The van der Waals surface area contributed by atoms with E-state index in [0.717, 1.165) is 54.1 Å². The zero-order valence-corrected chi connectivity index (χ0v) is 70.4. The maximum Gasteiger partial charge on any atom is 0.397 e. The summed E-state index contributed by atoms with van der Waals surface area (Å²) in [4.78, 5) is 67.2. The van der Waals surface area contributed by atoms with Crippen LogP contribution < -0.4 is 21.3 Å².